The SMILES string of the molecule is CCC1(CNC(=NC)NCc2ncnn2C)CCCC1.I. The first kappa shape index (κ1) is 18.2. The van der Waals surface area contributed by atoms with Gasteiger partial charge < -0.3 is 10.6 Å². The molecule has 0 aromatic carbocycles. The highest BCUT2D eigenvalue weighted by atomic mass is 127. The van der Waals surface area contributed by atoms with Crippen LogP contribution in [-0.2, 0) is 13.6 Å². The Kier molecular flexibility index (Phi) is 7.41. The monoisotopic (exact) mass is 406 g/mol. The zero-order valence-electron chi connectivity index (χ0n) is 13.2. The van der Waals surface area contributed by atoms with Crippen molar-refractivity contribution >= 4 is 29.9 Å². The molecule has 21 heavy (non-hydrogen) atoms. The molecule has 7 heteroatoms. The number of aromatic nitrogens is 3. The second-order valence-electron chi connectivity index (χ2n) is 5.64. The lowest BCUT2D eigenvalue weighted by atomic mass is 9.83. The van der Waals surface area contributed by atoms with Gasteiger partial charge in [-0.1, -0.05) is 19.8 Å². The van der Waals surface area contributed by atoms with E-state index in [2.05, 4.69) is 32.6 Å². The first-order valence-corrected chi connectivity index (χ1v) is 7.46. The van der Waals surface area contributed by atoms with Crippen LogP contribution >= 0.6 is 24.0 Å². The summed E-state index contributed by atoms with van der Waals surface area (Å²) in [5.74, 6) is 1.74. The first-order valence-electron chi connectivity index (χ1n) is 7.46. The fourth-order valence-corrected chi connectivity index (χ4v) is 2.92. The van der Waals surface area contributed by atoms with Crippen LogP contribution in [0.3, 0.4) is 0 Å². The van der Waals surface area contributed by atoms with E-state index in [0.29, 0.717) is 12.0 Å². The average molecular weight is 406 g/mol. The molecule has 1 aliphatic carbocycles. The van der Waals surface area contributed by atoms with Crippen molar-refractivity contribution in [2.24, 2.45) is 17.5 Å². The first-order chi connectivity index (χ1) is 9.69. The Hall–Kier alpha value is -0.860. The average Bonchev–Trinajstić information content (AvgIpc) is 3.09. The molecular weight excluding hydrogens is 379 g/mol. The zero-order chi connectivity index (χ0) is 14.4. The molecule has 0 atom stereocenters. The molecule has 0 amide bonds. The number of aryl methyl sites for hydroxylation is 1. The fourth-order valence-electron chi connectivity index (χ4n) is 2.92. The predicted octanol–water partition coefficient (Wildman–Crippen LogP) is 2.07. The van der Waals surface area contributed by atoms with Crippen LogP contribution in [0.5, 0.6) is 0 Å². The van der Waals surface area contributed by atoms with E-state index in [4.69, 9.17) is 0 Å². The highest BCUT2D eigenvalue weighted by molar-refractivity contribution is 14.0. The quantitative estimate of drug-likeness (QED) is 0.447. The molecule has 0 unspecified atom stereocenters. The van der Waals surface area contributed by atoms with Gasteiger partial charge in [0.05, 0.1) is 6.54 Å². The highest BCUT2D eigenvalue weighted by Gasteiger charge is 2.31. The van der Waals surface area contributed by atoms with Crippen LogP contribution in [0.25, 0.3) is 0 Å². The third kappa shape index (κ3) is 4.82. The molecule has 0 bridgehead atoms. The second kappa shape index (κ2) is 8.55. The molecule has 1 saturated carbocycles. The number of hydrogen-bond acceptors (Lipinski definition) is 3. The maximum absolute atomic E-state index is 4.28. The Labute approximate surface area is 144 Å². The molecule has 0 aliphatic heterocycles. The molecular formula is C14H27IN6. The van der Waals surface area contributed by atoms with E-state index in [1.165, 1.54) is 32.1 Å². The fraction of sp³-hybridized carbons (Fsp3) is 0.786. The summed E-state index contributed by atoms with van der Waals surface area (Å²) in [4.78, 5) is 8.48. The van der Waals surface area contributed by atoms with Gasteiger partial charge in [0.25, 0.3) is 0 Å². The van der Waals surface area contributed by atoms with Crippen molar-refractivity contribution in [3.05, 3.63) is 12.2 Å². The number of guanidine groups is 1. The van der Waals surface area contributed by atoms with Crippen LogP contribution in [0.1, 0.15) is 44.9 Å². The van der Waals surface area contributed by atoms with Crippen LogP contribution in [0.4, 0.5) is 0 Å². The van der Waals surface area contributed by atoms with Gasteiger partial charge in [0.15, 0.2) is 5.96 Å². The molecule has 120 valence electrons. The minimum Gasteiger partial charge on any atom is -0.356 e. The summed E-state index contributed by atoms with van der Waals surface area (Å²) in [7, 11) is 3.70. The normalized spacial score (nSPS) is 17.4. The van der Waals surface area contributed by atoms with Crippen molar-refractivity contribution in [1.82, 2.24) is 25.4 Å². The maximum atomic E-state index is 4.28. The largest absolute Gasteiger partial charge is 0.356 e. The summed E-state index contributed by atoms with van der Waals surface area (Å²) in [5, 5.41) is 10.8. The van der Waals surface area contributed by atoms with Gasteiger partial charge in [0.2, 0.25) is 0 Å². The van der Waals surface area contributed by atoms with Crippen LogP contribution in [0, 0.1) is 5.41 Å². The number of hydrogen-bond donors (Lipinski definition) is 2. The third-order valence-electron chi connectivity index (χ3n) is 4.49. The smallest absolute Gasteiger partial charge is 0.191 e. The predicted molar refractivity (Wildman–Crippen MR) is 95.8 cm³/mol. The van der Waals surface area contributed by atoms with E-state index in [-0.39, 0.29) is 24.0 Å². The van der Waals surface area contributed by atoms with Gasteiger partial charge in [-0.2, -0.15) is 5.10 Å². The minimum absolute atomic E-state index is 0. The van der Waals surface area contributed by atoms with Crippen LogP contribution in [0.2, 0.25) is 0 Å². The van der Waals surface area contributed by atoms with E-state index in [0.717, 1.165) is 18.3 Å². The topological polar surface area (TPSA) is 67.1 Å². The molecule has 1 fully saturated rings. The lowest BCUT2D eigenvalue weighted by molar-refractivity contribution is 0.283. The lowest BCUT2D eigenvalue weighted by Crippen LogP contribution is -2.42. The van der Waals surface area contributed by atoms with Crippen LogP contribution in [-0.4, -0.2) is 34.3 Å². The standard InChI is InChI=1S/C14H26N6.HI/c1-4-14(7-5-6-8-14)10-17-13(15-2)16-9-12-18-11-19-20(12)3;/h11H,4-10H2,1-3H3,(H2,15,16,17);1H. The molecule has 1 aromatic heterocycles. The number of rotatable bonds is 5. The van der Waals surface area contributed by atoms with E-state index < -0.39 is 0 Å². The van der Waals surface area contributed by atoms with E-state index in [1.54, 1.807) is 18.1 Å². The third-order valence-corrected chi connectivity index (χ3v) is 4.49. The van der Waals surface area contributed by atoms with Gasteiger partial charge in [-0.25, -0.2) is 4.98 Å². The zero-order valence-corrected chi connectivity index (χ0v) is 15.6. The Morgan fingerprint density at radius 1 is 1.38 bits per heavy atom. The van der Waals surface area contributed by atoms with Crippen molar-refractivity contribution in [2.45, 2.75) is 45.6 Å². The van der Waals surface area contributed by atoms with Crippen molar-refractivity contribution in [3.63, 3.8) is 0 Å². The maximum Gasteiger partial charge on any atom is 0.191 e. The van der Waals surface area contributed by atoms with Crippen LogP contribution < -0.4 is 10.6 Å². The molecule has 0 saturated heterocycles. The van der Waals surface area contributed by atoms with Gasteiger partial charge in [0, 0.05) is 20.6 Å². The van der Waals surface area contributed by atoms with Crippen LogP contribution in [0.15, 0.2) is 11.3 Å². The highest BCUT2D eigenvalue weighted by Crippen LogP contribution is 2.40. The Morgan fingerprint density at radius 3 is 2.62 bits per heavy atom. The molecule has 2 rings (SSSR count). The Balaban J connectivity index is 0.00000220. The Morgan fingerprint density at radius 2 is 2.10 bits per heavy atom. The molecule has 6 nitrogen and oxygen atoms in total. The number of nitrogens with one attached hydrogen (secondary N) is 2. The van der Waals surface area contributed by atoms with Crippen molar-refractivity contribution in [1.29, 1.82) is 0 Å². The van der Waals surface area contributed by atoms with Crippen molar-refractivity contribution in [2.75, 3.05) is 13.6 Å². The summed E-state index contributed by atoms with van der Waals surface area (Å²) in [6, 6.07) is 0. The Bertz CT molecular complexity index is 450. The van der Waals surface area contributed by atoms with Gasteiger partial charge in [0.1, 0.15) is 12.2 Å². The molecule has 0 radical (unpaired) electrons. The van der Waals surface area contributed by atoms with E-state index in [1.807, 2.05) is 7.05 Å². The van der Waals surface area contributed by atoms with E-state index in [9.17, 15) is 0 Å². The lowest BCUT2D eigenvalue weighted by Gasteiger charge is -2.28. The number of halogens is 1. The molecule has 1 aliphatic rings. The van der Waals surface area contributed by atoms with Gasteiger partial charge >= 0.3 is 0 Å². The molecule has 1 aromatic rings. The van der Waals surface area contributed by atoms with Gasteiger partial charge in [-0.05, 0) is 24.7 Å². The summed E-state index contributed by atoms with van der Waals surface area (Å²) in [5.41, 5.74) is 0.461. The second-order valence-corrected chi connectivity index (χ2v) is 5.64. The van der Waals surface area contributed by atoms with Crippen molar-refractivity contribution in [3.8, 4) is 0 Å². The van der Waals surface area contributed by atoms with Gasteiger partial charge in [-0.3, -0.25) is 9.67 Å². The van der Waals surface area contributed by atoms with Gasteiger partial charge in [-0.15, -0.1) is 24.0 Å². The molecule has 2 N–H and O–H groups in total. The molecule has 0 spiro atoms. The summed E-state index contributed by atoms with van der Waals surface area (Å²) >= 11 is 0. The molecule has 1 heterocycles. The minimum atomic E-state index is 0. The number of aliphatic imine (C=N–C) groups is 1. The van der Waals surface area contributed by atoms with E-state index >= 15 is 0 Å². The summed E-state index contributed by atoms with van der Waals surface area (Å²) in [6.45, 7) is 3.93. The number of nitrogens with zero attached hydrogens (tertiary/aromatic N) is 4. The summed E-state index contributed by atoms with van der Waals surface area (Å²) in [6.07, 6.45) is 8.19. The van der Waals surface area contributed by atoms with Crippen molar-refractivity contribution < 1.29 is 0 Å². The summed E-state index contributed by atoms with van der Waals surface area (Å²) < 4.78 is 1.77.